The maximum atomic E-state index is 4.16. The minimum Gasteiger partial charge on any atom is -0.375 e. The van der Waals surface area contributed by atoms with Gasteiger partial charge in [0.15, 0.2) is 0 Å². The van der Waals surface area contributed by atoms with Crippen LogP contribution in [0.4, 0.5) is 0 Å². The molecule has 0 bridgehead atoms. The van der Waals surface area contributed by atoms with Gasteiger partial charge in [-0.1, -0.05) is 33.4 Å². The molecule has 0 atom stereocenters. The highest BCUT2D eigenvalue weighted by atomic mass is 15.1. The van der Waals surface area contributed by atoms with Crippen molar-refractivity contribution in [2.75, 3.05) is 13.6 Å². The number of hydrogen-bond donors (Lipinski definition) is 0. The molecule has 0 aliphatic heterocycles. The minimum absolute atomic E-state index is 0.158. The van der Waals surface area contributed by atoms with Gasteiger partial charge >= 0.3 is 0 Å². The summed E-state index contributed by atoms with van der Waals surface area (Å²) in [5, 5.41) is 0. The molecule has 1 heteroatoms. The smallest absolute Gasteiger partial charge is 0.0352 e. The standard InChI is InChI=1S/C12H23N/c1-8-11(13(7)9-2)10(3)12(4,5)6/h8H,3,9H2,1-2,4-7H3/b11-8-. The summed E-state index contributed by atoms with van der Waals surface area (Å²) in [5.41, 5.74) is 2.63. The van der Waals surface area contributed by atoms with Crippen LogP contribution in [-0.2, 0) is 0 Å². The molecule has 76 valence electrons. The fourth-order valence-electron chi connectivity index (χ4n) is 1.18. The van der Waals surface area contributed by atoms with Crippen LogP contribution in [0, 0.1) is 5.41 Å². The molecule has 0 N–H and O–H groups in total. The second-order valence-corrected chi connectivity index (χ2v) is 4.42. The first-order valence-corrected chi connectivity index (χ1v) is 4.91. The molecule has 0 heterocycles. The number of nitrogens with zero attached hydrogens (tertiary/aromatic N) is 1. The van der Waals surface area contributed by atoms with Gasteiger partial charge in [0.25, 0.3) is 0 Å². The summed E-state index contributed by atoms with van der Waals surface area (Å²) in [6.45, 7) is 16.0. The third-order valence-electron chi connectivity index (χ3n) is 2.37. The van der Waals surface area contributed by atoms with Gasteiger partial charge in [-0.15, -0.1) is 0 Å². The summed E-state index contributed by atoms with van der Waals surface area (Å²) in [5.74, 6) is 0. The topological polar surface area (TPSA) is 3.24 Å². The Hall–Kier alpha value is -0.720. The molecule has 0 unspecified atom stereocenters. The average molecular weight is 181 g/mol. The Kier molecular flexibility index (Phi) is 4.25. The van der Waals surface area contributed by atoms with Gasteiger partial charge in [0, 0.05) is 19.3 Å². The van der Waals surface area contributed by atoms with Gasteiger partial charge in [-0.05, 0) is 24.8 Å². The normalized spacial score (nSPS) is 12.9. The molecule has 0 radical (unpaired) electrons. The summed E-state index contributed by atoms with van der Waals surface area (Å²) in [6.07, 6.45) is 2.14. The van der Waals surface area contributed by atoms with Crippen LogP contribution in [0.2, 0.25) is 0 Å². The van der Waals surface area contributed by atoms with E-state index < -0.39 is 0 Å². The average Bonchev–Trinajstić information content (AvgIpc) is 2.03. The molecule has 0 spiro atoms. The summed E-state index contributed by atoms with van der Waals surface area (Å²) < 4.78 is 0. The molecular weight excluding hydrogens is 158 g/mol. The Morgan fingerprint density at radius 2 is 1.85 bits per heavy atom. The van der Waals surface area contributed by atoms with Gasteiger partial charge in [0.1, 0.15) is 0 Å². The number of allylic oxidation sites excluding steroid dienone is 2. The van der Waals surface area contributed by atoms with Crippen LogP contribution in [0.25, 0.3) is 0 Å². The SMILES string of the molecule is C=C(/C(=C/C)N(C)CC)C(C)(C)C. The second-order valence-electron chi connectivity index (χ2n) is 4.42. The van der Waals surface area contributed by atoms with Crippen molar-refractivity contribution in [3.05, 3.63) is 23.9 Å². The van der Waals surface area contributed by atoms with Crippen LogP contribution >= 0.6 is 0 Å². The van der Waals surface area contributed by atoms with Gasteiger partial charge in [-0.3, -0.25) is 0 Å². The lowest BCUT2D eigenvalue weighted by Crippen LogP contribution is -2.23. The largest absolute Gasteiger partial charge is 0.375 e. The van der Waals surface area contributed by atoms with Gasteiger partial charge in [0.05, 0.1) is 0 Å². The Morgan fingerprint density at radius 3 is 2.08 bits per heavy atom. The molecule has 0 saturated heterocycles. The molecule has 0 aromatic rings. The molecule has 0 aliphatic carbocycles. The highest BCUT2D eigenvalue weighted by Gasteiger charge is 2.19. The Balaban J connectivity index is 4.73. The van der Waals surface area contributed by atoms with Crippen molar-refractivity contribution in [2.45, 2.75) is 34.6 Å². The summed E-state index contributed by atoms with van der Waals surface area (Å²) >= 11 is 0. The van der Waals surface area contributed by atoms with Gasteiger partial charge < -0.3 is 4.90 Å². The van der Waals surface area contributed by atoms with Crippen molar-refractivity contribution in [3.8, 4) is 0 Å². The van der Waals surface area contributed by atoms with Gasteiger partial charge in [-0.2, -0.15) is 0 Å². The van der Waals surface area contributed by atoms with Crippen molar-refractivity contribution >= 4 is 0 Å². The predicted octanol–water partition coefficient (Wildman–Crippen LogP) is 3.44. The van der Waals surface area contributed by atoms with Crippen LogP contribution in [0.15, 0.2) is 23.9 Å². The molecule has 0 aliphatic rings. The quantitative estimate of drug-likeness (QED) is 0.603. The zero-order valence-electron chi connectivity index (χ0n) is 9.94. The van der Waals surface area contributed by atoms with E-state index in [1.807, 2.05) is 0 Å². The predicted molar refractivity (Wildman–Crippen MR) is 60.7 cm³/mol. The van der Waals surface area contributed by atoms with Crippen LogP contribution in [-0.4, -0.2) is 18.5 Å². The molecule has 0 aromatic heterocycles. The second kappa shape index (κ2) is 4.50. The zero-order valence-corrected chi connectivity index (χ0v) is 9.94. The summed E-state index contributed by atoms with van der Waals surface area (Å²) in [6, 6.07) is 0. The van der Waals surface area contributed by atoms with Crippen LogP contribution in [0.5, 0.6) is 0 Å². The van der Waals surface area contributed by atoms with Crippen LogP contribution in [0.1, 0.15) is 34.6 Å². The lowest BCUT2D eigenvalue weighted by atomic mass is 9.85. The third kappa shape index (κ3) is 3.25. The van der Waals surface area contributed by atoms with Gasteiger partial charge in [0.2, 0.25) is 0 Å². The van der Waals surface area contributed by atoms with Crippen molar-refractivity contribution in [2.24, 2.45) is 5.41 Å². The first-order chi connectivity index (χ1) is 5.84. The zero-order chi connectivity index (χ0) is 10.6. The highest BCUT2D eigenvalue weighted by molar-refractivity contribution is 5.30. The Labute approximate surface area is 83.1 Å². The fourth-order valence-corrected chi connectivity index (χ4v) is 1.18. The lowest BCUT2D eigenvalue weighted by Gasteiger charge is -2.30. The van der Waals surface area contributed by atoms with E-state index >= 15 is 0 Å². The number of hydrogen-bond acceptors (Lipinski definition) is 1. The molecule has 0 fully saturated rings. The fraction of sp³-hybridized carbons (Fsp3) is 0.667. The number of likely N-dealkylation sites (N-methyl/N-ethyl adjacent to an activating group) is 1. The van der Waals surface area contributed by atoms with Crippen LogP contribution in [0.3, 0.4) is 0 Å². The van der Waals surface area contributed by atoms with Gasteiger partial charge in [-0.25, -0.2) is 0 Å². The van der Waals surface area contributed by atoms with Crippen molar-refractivity contribution in [1.29, 1.82) is 0 Å². The monoisotopic (exact) mass is 181 g/mol. The molecule has 0 aromatic carbocycles. The maximum Gasteiger partial charge on any atom is 0.0352 e. The first kappa shape index (κ1) is 12.3. The van der Waals surface area contributed by atoms with Crippen molar-refractivity contribution < 1.29 is 0 Å². The molecule has 1 nitrogen and oxygen atoms in total. The van der Waals surface area contributed by atoms with E-state index in [0.717, 1.165) is 6.54 Å². The van der Waals surface area contributed by atoms with E-state index in [4.69, 9.17) is 0 Å². The third-order valence-corrected chi connectivity index (χ3v) is 2.37. The van der Waals surface area contributed by atoms with E-state index in [1.54, 1.807) is 0 Å². The molecule has 0 rings (SSSR count). The van der Waals surface area contributed by atoms with Crippen molar-refractivity contribution in [1.82, 2.24) is 4.90 Å². The molecular formula is C12H23N. The molecule has 0 amide bonds. The van der Waals surface area contributed by atoms with E-state index in [-0.39, 0.29) is 5.41 Å². The lowest BCUT2D eigenvalue weighted by molar-refractivity contribution is 0.408. The van der Waals surface area contributed by atoms with E-state index in [9.17, 15) is 0 Å². The van der Waals surface area contributed by atoms with Crippen molar-refractivity contribution in [3.63, 3.8) is 0 Å². The van der Waals surface area contributed by atoms with E-state index in [0.29, 0.717) is 0 Å². The Morgan fingerprint density at radius 1 is 1.38 bits per heavy atom. The summed E-state index contributed by atoms with van der Waals surface area (Å²) in [4.78, 5) is 2.23. The van der Waals surface area contributed by atoms with E-state index in [2.05, 4.69) is 59.2 Å². The molecule has 0 saturated carbocycles. The molecule has 13 heavy (non-hydrogen) atoms. The summed E-state index contributed by atoms with van der Waals surface area (Å²) in [7, 11) is 2.10. The minimum atomic E-state index is 0.158. The first-order valence-electron chi connectivity index (χ1n) is 4.91. The number of rotatable bonds is 3. The maximum absolute atomic E-state index is 4.16. The van der Waals surface area contributed by atoms with Crippen LogP contribution < -0.4 is 0 Å². The highest BCUT2D eigenvalue weighted by Crippen LogP contribution is 2.30. The van der Waals surface area contributed by atoms with E-state index in [1.165, 1.54) is 11.3 Å². The Bertz CT molecular complexity index is 206.